The van der Waals surface area contributed by atoms with E-state index in [1.807, 2.05) is 24.3 Å². The number of ether oxygens (including phenoxy) is 1. The molecular formula is C22H29F2N3O2. The number of carbonyl (C=O) groups is 1. The van der Waals surface area contributed by atoms with Crippen molar-refractivity contribution < 1.29 is 18.3 Å². The lowest BCUT2D eigenvalue weighted by Crippen LogP contribution is -2.46. The van der Waals surface area contributed by atoms with Crippen LogP contribution in [0.25, 0.3) is 10.9 Å². The molecule has 2 saturated heterocycles. The number of hydrogen-bond acceptors (Lipinski definition) is 3. The van der Waals surface area contributed by atoms with Crippen molar-refractivity contribution in [3.05, 3.63) is 30.5 Å². The van der Waals surface area contributed by atoms with Crippen LogP contribution in [0.5, 0.6) is 5.75 Å². The molecule has 0 bridgehead atoms. The first kappa shape index (κ1) is 20.1. The summed E-state index contributed by atoms with van der Waals surface area (Å²) in [6.07, 6.45) is 5.10. The van der Waals surface area contributed by atoms with E-state index in [9.17, 15) is 13.6 Å². The first-order valence-electron chi connectivity index (χ1n) is 10.6. The maximum atomic E-state index is 12.8. The molecule has 1 aromatic heterocycles. The number of nitrogens with one attached hydrogen (secondary N) is 1. The summed E-state index contributed by atoms with van der Waals surface area (Å²) in [5.41, 5.74) is 0.782. The van der Waals surface area contributed by atoms with Crippen LogP contribution in [0.3, 0.4) is 0 Å². The summed E-state index contributed by atoms with van der Waals surface area (Å²) in [6, 6.07) is 7.75. The molecule has 0 saturated carbocycles. The van der Waals surface area contributed by atoms with E-state index in [-0.39, 0.29) is 24.6 Å². The van der Waals surface area contributed by atoms with Gasteiger partial charge in [0.1, 0.15) is 11.9 Å². The van der Waals surface area contributed by atoms with Crippen molar-refractivity contribution in [1.82, 2.24) is 14.8 Å². The number of piperidine rings is 1. The van der Waals surface area contributed by atoms with Crippen molar-refractivity contribution in [3.8, 4) is 5.75 Å². The van der Waals surface area contributed by atoms with Crippen molar-refractivity contribution in [2.75, 3.05) is 19.6 Å². The maximum absolute atomic E-state index is 12.8. The Labute approximate surface area is 170 Å². The summed E-state index contributed by atoms with van der Waals surface area (Å²) < 4.78 is 33.4. The largest absolute Gasteiger partial charge is 0.490 e. The Morgan fingerprint density at radius 3 is 2.76 bits per heavy atom. The zero-order valence-electron chi connectivity index (χ0n) is 16.7. The molecular weight excluding hydrogens is 376 g/mol. The zero-order valence-corrected chi connectivity index (χ0v) is 16.7. The van der Waals surface area contributed by atoms with Crippen LogP contribution in [0, 0.1) is 0 Å². The van der Waals surface area contributed by atoms with Gasteiger partial charge in [0.15, 0.2) is 0 Å². The Morgan fingerprint density at radius 1 is 1.14 bits per heavy atom. The number of rotatable bonds is 6. The average Bonchev–Trinajstić information content (AvgIpc) is 2.98. The monoisotopic (exact) mass is 405 g/mol. The fourth-order valence-electron chi connectivity index (χ4n) is 4.49. The quantitative estimate of drug-likeness (QED) is 0.795. The molecule has 0 radical (unpaired) electrons. The number of benzene rings is 1. The molecule has 7 heteroatoms. The second-order valence-corrected chi connectivity index (χ2v) is 8.18. The maximum Gasteiger partial charge on any atom is 0.256 e. The van der Waals surface area contributed by atoms with Crippen molar-refractivity contribution in [1.29, 1.82) is 0 Å². The van der Waals surface area contributed by atoms with E-state index in [0.717, 1.165) is 68.4 Å². The highest BCUT2D eigenvalue weighted by atomic mass is 19.3. The molecule has 0 spiro atoms. The Morgan fingerprint density at radius 2 is 1.97 bits per heavy atom. The van der Waals surface area contributed by atoms with Crippen LogP contribution in [-0.4, -0.2) is 53.6 Å². The van der Waals surface area contributed by atoms with Gasteiger partial charge in [-0.1, -0.05) is 12.5 Å². The van der Waals surface area contributed by atoms with Crippen molar-refractivity contribution >= 4 is 16.8 Å². The number of nitrogens with zero attached hydrogens (tertiary/aromatic N) is 2. The summed E-state index contributed by atoms with van der Waals surface area (Å²) in [5, 5.41) is 4.03. The molecule has 1 aromatic carbocycles. The summed E-state index contributed by atoms with van der Waals surface area (Å²) in [5.74, 6) is 0.947. The van der Waals surface area contributed by atoms with Gasteiger partial charge < -0.3 is 19.5 Å². The molecule has 2 fully saturated rings. The lowest BCUT2D eigenvalue weighted by atomic mass is 10.1. The molecule has 158 valence electrons. The second kappa shape index (κ2) is 9.11. The van der Waals surface area contributed by atoms with Gasteiger partial charge in [0.2, 0.25) is 5.91 Å². The summed E-state index contributed by atoms with van der Waals surface area (Å²) in [4.78, 5) is 14.2. The van der Waals surface area contributed by atoms with Gasteiger partial charge in [0.05, 0.1) is 12.1 Å². The molecule has 2 aromatic rings. The smallest absolute Gasteiger partial charge is 0.256 e. The SMILES string of the molecule is O=C1CCCCC(CN2CCC(Oc3cccc4c3ccn4CC(F)F)CC2)N1. The van der Waals surface area contributed by atoms with E-state index in [1.54, 1.807) is 10.8 Å². The average molecular weight is 405 g/mol. The minimum Gasteiger partial charge on any atom is -0.490 e. The molecule has 1 unspecified atom stereocenters. The van der Waals surface area contributed by atoms with Crippen LogP contribution in [0.2, 0.25) is 0 Å². The van der Waals surface area contributed by atoms with Crippen molar-refractivity contribution in [2.45, 2.75) is 63.6 Å². The molecule has 1 N–H and O–H groups in total. The molecule has 29 heavy (non-hydrogen) atoms. The predicted molar refractivity (Wildman–Crippen MR) is 108 cm³/mol. The van der Waals surface area contributed by atoms with Gasteiger partial charge in [-0.15, -0.1) is 0 Å². The number of carbonyl (C=O) groups excluding carboxylic acids is 1. The van der Waals surface area contributed by atoms with E-state index >= 15 is 0 Å². The van der Waals surface area contributed by atoms with E-state index in [0.29, 0.717) is 6.42 Å². The number of hydrogen-bond donors (Lipinski definition) is 1. The standard InChI is InChI=1S/C22H29F2N3O2/c23-21(24)15-27-13-10-18-19(27)5-3-6-20(18)29-17-8-11-26(12-9-17)14-16-4-1-2-7-22(28)25-16/h3,5-6,10,13,16-17,21H,1-2,4,7-9,11-12,14-15H2,(H,25,28). The van der Waals surface area contributed by atoms with Gasteiger partial charge in [0, 0.05) is 43.7 Å². The van der Waals surface area contributed by atoms with Gasteiger partial charge in [-0.2, -0.15) is 0 Å². The second-order valence-electron chi connectivity index (χ2n) is 8.18. The predicted octanol–water partition coefficient (Wildman–Crippen LogP) is 3.81. The number of fused-ring (bicyclic) bond motifs is 1. The van der Waals surface area contributed by atoms with E-state index in [1.165, 1.54) is 0 Å². The normalized spacial score (nSPS) is 22.0. The fourth-order valence-corrected chi connectivity index (χ4v) is 4.49. The van der Waals surface area contributed by atoms with Crippen LogP contribution >= 0.6 is 0 Å². The lowest BCUT2D eigenvalue weighted by Gasteiger charge is -2.34. The summed E-state index contributed by atoms with van der Waals surface area (Å²) >= 11 is 0. The van der Waals surface area contributed by atoms with Crippen LogP contribution < -0.4 is 10.1 Å². The number of likely N-dealkylation sites (tertiary alicyclic amines) is 1. The van der Waals surface area contributed by atoms with Gasteiger partial charge in [-0.3, -0.25) is 4.79 Å². The highest BCUT2D eigenvalue weighted by Crippen LogP contribution is 2.29. The minimum absolute atomic E-state index is 0.124. The fraction of sp³-hybridized carbons (Fsp3) is 0.591. The summed E-state index contributed by atoms with van der Waals surface area (Å²) in [7, 11) is 0. The Bertz CT molecular complexity index is 831. The lowest BCUT2D eigenvalue weighted by molar-refractivity contribution is -0.121. The van der Waals surface area contributed by atoms with Crippen LogP contribution in [0.4, 0.5) is 8.78 Å². The molecule has 0 aliphatic carbocycles. The van der Waals surface area contributed by atoms with Crippen molar-refractivity contribution in [3.63, 3.8) is 0 Å². The Hall–Kier alpha value is -2.15. The highest BCUT2D eigenvalue weighted by molar-refractivity contribution is 5.86. The first-order valence-corrected chi connectivity index (χ1v) is 10.6. The van der Waals surface area contributed by atoms with E-state index in [4.69, 9.17) is 4.74 Å². The van der Waals surface area contributed by atoms with Crippen molar-refractivity contribution in [2.24, 2.45) is 0 Å². The van der Waals surface area contributed by atoms with Gasteiger partial charge in [0.25, 0.3) is 6.43 Å². The third-order valence-electron chi connectivity index (χ3n) is 5.99. The Kier molecular flexibility index (Phi) is 6.33. The third-order valence-corrected chi connectivity index (χ3v) is 5.99. The van der Waals surface area contributed by atoms with Gasteiger partial charge >= 0.3 is 0 Å². The number of aromatic nitrogens is 1. The molecule has 3 heterocycles. The molecule has 2 aliphatic heterocycles. The molecule has 5 nitrogen and oxygen atoms in total. The molecule has 1 amide bonds. The van der Waals surface area contributed by atoms with E-state index in [2.05, 4.69) is 10.2 Å². The molecule has 4 rings (SSSR count). The number of amides is 1. The topological polar surface area (TPSA) is 46.5 Å². The van der Waals surface area contributed by atoms with Gasteiger partial charge in [-0.25, -0.2) is 8.78 Å². The minimum atomic E-state index is -2.38. The number of halogens is 2. The highest BCUT2D eigenvalue weighted by Gasteiger charge is 2.25. The molecule has 2 aliphatic rings. The Balaban J connectivity index is 1.33. The number of alkyl halides is 2. The van der Waals surface area contributed by atoms with Crippen LogP contribution in [-0.2, 0) is 11.3 Å². The van der Waals surface area contributed by atoms with Crippen LogP contribution in [0.15, 0.2) is 30.5 Å². The van der Waals surface area contributed by atoms with E-state index < -0.39 is 6.43 Å². The van der Waals surface area contributed by atoms with Crippen LogP contribution in [0.1, 0.15) is 38.5 Å². The molecule has 1 atom stereocenters. The summed E-state index contributed by atoms with van der Waals surface area (Å²) in [6.45, 7) is 2.49. The van der Waals surface area contributed by atoms with Gasteiger partial charge in [-0.05, 0) is 43.9 Å². The first-order chi connectivity index (χ1) is 14.1. The zero-order chi connectivity index (χ0) is 20.2. The third kappa shape index (κ3) is 5.07.